The predicted octanol–water partition coefficient (Wildman–Crippen LogP) is 1.95. The molecule has 0 saturated carbocycles. The minimum Gasteiger partial charge on any atom is -0.398 e. The lowest BCUT2D eigenvalue weighted by atomic mass is 10.2. The fourth-order valence-electron chi connectivity index (χ4n) is 2.54. The number of halogens is 1. The quantitative estimate of drug-likeness (QED) is 0.860. The molecule has 21 heavy (non-hydrogen) atoms. The van der Waals surface area contributed by atoms with Crippen LogP contribution < -0.4 is 5.73 Å². The van der Waals surface area contributed by atoms with Gasteiger partial charge < -0.3 is 5.73 Å². The predicted molar refractivity (Wildman–Crippen MR) is 86.1 cm³/mol. The van der Waals surface area contributed by atoms with E-state index in [1.165, 1.54) is 10.4 Å². The average Bonchev–Trinajstić information content (AvgIpc) is 2.42. The molecule has 1 heterocycles. The zero-order chi connectivity index (χ0) is 15.8. The Labute approximate surface area is 131 Å². The summed E-state index contributed by atoms with van der Waals surface area (Å²) in [5, 5.41) is 0.345. The monoisotopic (exact) mass is 331 g/mol. The third-order valence-corrected chi connectivity index (χ3v) is 6.23. The molecule has 0 radical (unpaired) electrons. The van der Waals surface area contributed by atoms with Crippen molar-refractivity contribution in [2.45, 2.75) is 31.7 Å². The average molecular weight is 332 g/mol. The lowest BCUT2D eigenvalue weighted by Crippen LogP contribution is -2.50. The van der Waals surface area contributed by atoms with Crippen molar-refractivity contribution >= 4 is 27.3 Å². The Balaban J connectivity index is 2.28. The second-order valence-electron chi connectivity index (χ2n) is 5.65. The third-order valence-electron chi connectivity index (χ3n) is 3.99. The van der Waals surface area contributed by atoms with Gasteiger partial charge in [0.15, 0.2) is 0 Å². The Kier molecular flexibility index (Phi) is 4.82. The zero-order valence-corrected chi connectivity index (χ0v) is 14.2. The molecule has 1 saturated heterocycles. The maximum Gasteiger partial charge on any atom is 0.243 e. The highest BCUT2D eigenvalue weighted by atomic mass is 35.5. The number of nitrogens with two attached hydrogens (primary N) is 1. The summed E-state index contributed by atoms with van der Waals surface area (Å²) in [5.74, 6) is 0. The van der Waals surface area contributed by atoms with Crippen LogP contribution in [0.5, 0.6) is 0 Å². The minimum absolute atomic E-state index is 0.213. The highest BCUT2D eigenvalue weighted by Crippen LogP contribution is 2.28. The summed E-state index contributed by atoms with van der Waals surface area (Å²) in [7, 11) is -3.54. The Morgan fingerprint density at radius 1 is 1.19 bits per heavy atom. The summed E-state index contributed by atoms with van der Waals surface area (Å²) < 4.78 is 27.1. The maximum absolute atomic E-state index is 12.8. The number of nitrogens with zero attached hydrogens (tertiary/aromatic N) is 2. The fourth-order valence-corrected chi connectivity index (χ4v) is 4.54. The van der Waals surface area contributed by atoms with Crippen molar-refractivity contribution in [3.63, 3.8) is 0 Å². The minimum atomic E-state index is -3.54. The summed E-state index contributed by atoms with van der Waals surface area (Å²) in [4.78, 5) is 2.48. The molecule has 1 aromatic carbocycles. The van der Waals surface area contributed by atoms with Gasteiger partial charge >= 0.3 is 0 Å². The number of hydrogen-bond acceptors (Lipinski definition) is 4. The molecule has 118 valence electrons. The number of anilines is 1. The number of sulfonamides is 1. The van der Waals surface area contributed by atoms with Crippen LogP contribution in [0.4, 0.5) is 5.69 Å². The van der Waals surface area contributed by atoms with Crippen LogP contribution in [0, 0.1) is 6.92 Å². The molecular formula is C14H22ClN3O2S. The van der Waals surface area contributed by atoms with Crippen LogP contribution in [0.2, 0.25) is 5.02 Å². The van der Waals surface area contributed by atoms with Gasteiger partial charge in [-0.1, -0.05) is 11.6 Å². The highest BCUT2D eigenvalue weighted by molar-refractivity contribution is 7.89. The van der Waals surface area contributed by atoms with E-state index in [0.717, 1.165) is 13.1 Å². The van der Waals surface area contributed by atoms with Crippen molar-refractivity contribution in [3.8, 4) is 0 Å². The third kappa shape index (κ3) is 3.34. The molecular weight excluding hydrogens is 310 g/mol. The smallest absolute Gasteiger partial charge is 0.243 e. The second-order valence-corrected chi connectivity index (χ2v) is 7.99. The number of piperazine rings is 1. The second kappa shape index (κ2) is 6.12. The van der Waals surface area contributed by atoms with Gasteiger partial charge in [-0.25, -0.2) is 8.42 Å². The molecule has 0 aromatic heterocycles. The number of nitrogen functional groups attached to an aromatic ring is 1. The van der Waals surface area contributed by atoms with Gasteiger partial charge in [-0.3, -0.25) is 4.90 Å². The van der Waals surface area contributed by atoms with E-state index in [2.05, 4.69) is 18.7 Å². The van der Waals surface area contributed by atoms with E-state index < -0.39 is 10.0 Å². The van der Waals surface area contributed by atoms with Crippen molar-refractivity contribution in [1.29, 1.82) is 0 Å². The van der Waals surface area contributed by atoms with Crippen LogP contribution in [0.15, 0.2) is 17.0 Å². The van der Waals surface area contributed by atoms with E-state index in [1.807, 2.05) is 0 Å². The molecule has 0 unspecified atom stereocenters. The summed E-state index contributed by atoms with van der Waals surface area (Å²) in [6, 6.07) is 3.49. The van der Waals surface area contributed by atoms with Gasteiger partial charge in [0.1, 0.15) is 0 Å². The first-order valence-corrected chi connectivity index (χ1v) is 8.85. The lowest BCUT2D eigenvalue weighted by molar-refractivity contribution is 0.154. The molecule has 2 rings (SSSR count). The zero-order valence-electron chi connectivity index (χ0n) is 12.6. The Morgan fingerprint density at radius 2 is 1.76 bits per heavy atom. The molecule has 1 aromatic rings. The molecule has 0 atom stereocenters. The van der Waals surface area contributed by atoms with Crippen molar-refractivity contribution in [1.82, 2.24) is 9.21 Å². The van der Waals surface area contributed by atoms with Gasteiger partial charge in [0.25, 0.3) is 0 Å². The summed E-state index contributed by atoms with van der Waals surface area (Å²) in [6.07, 6.45) is 0. The van der Waals surface area contributed by atoms with Crippen LogP contribution in [0.3, 0.4) is 0 Å². The normalized spacial score (nSPS) is 18.3. The van der Waals surface area contributed by atoms with Crippen LogP contribution in [0.1, 0.15) is 19.4 Å². The van der Waals surface area contributed by atoms with E-state index in [9.17, 15) is 8.42 Å². The molecule has 0 bridgehead atoms. The van der Waals surface area contributed by atoms with Gasteiger partial charge in [0, 0.05) is 42.9 Å². The van der Waals surface area contributed by atoms with Gasteiger partial charge in [0.05, 0.1) is 4.90 Å². The fraction of sp³-hybridized carbons (Fsp3) is 0.571. The molecule has 5 nitrogen and oxygen atoms in total. The molecule has 0 aliphatic carbocycles. The Bertz CT molecular complexity index is 623. The van der Waals surface area contributed by atoms with Crippen molar-refractivity contribution in [2.24, 2.45) is 0 Å². The van der Waals surface area contributed by atoms with Gasteiger partial charge in [-0.15, -0.1) is 0 Å². The van der Waals surface area contributed by atoms with E-state index in [4.69, 9.17) is 17.3 Å². The molecule has 1 fully saturated rings. The molecule has 2 N–H and O–H groups in total. The van der Waals surface area contributed by atoms with E-state index >= 15 is 0 Å². The van der Waals surface area contributed by atoms with Crippen LogP contribution in [-0.4, -0.2) is 49.8 Å². The topological polar surface area (TPSA) is 66.6 Å². The van der Waals surface area contributed by atoms with Gasteiger partial charge in [-0.2, -0.15) is 4.31 Å². The molecule has 1 aliphatic heterocycles. The maximum atomic E-state index is 12.8. The standard InChI is InChI=1S/C14H22ClN3O2S/c1-10(2)17-4-6-18(7-5-17)21(19,20)14-9-12(15)8-13(16)11(14)3/h8-10H,4-7,16H2,1-3H3. The lowest BCUT2D eigenvalue weighted by Gasteiger charge is -2.36. The van der Waals surface area contributed by atoms with Crippen LogP contribution >= 0.6 is 11.6 Å². The molecule has 7 heteroatoms. The molecule has 0 amide bonds. The largest absolute Gasteiger partial charge is 0.398 e. The molecule has 1 aliphatic rings. The summed E-state index contributed by atoms with van der Waals surface area (Å²) in [5.41, 5.74) is 6.80. The first kappa shape index (κ1) is 16.5. The number of hydrogen-bond donors (Lipinski definition) is 1. The van der Waals surface area contributed by atoms with E-state index in [0.29, 0.717) is 35.4 Å². The summed E-state index contributed by atoms with van der Waals surface area (Å²) in [6.45, 7) is 8.41. The van der Waals surface area contributed by atoms with Crippen LogP contribution in [0.25, 0.3) is 0 Å². The number of benzene rings is 1. The Morgan fingerprint density at radius 3 is 2.29 bits per heavy atom. The van der Waals surface area contributed by atoms with Gasteiger partial charge in [-0.05, 0) is 38.5 Å². The van der Waals surface area contributed by atoms with Crippen molar-refractivity contribution in [3.05, 3.63) is 22.7 Å². The van der Waals surface area contributed by atoms with E-state index in [-0.39, 0.29) is 4.90 Å². The van der Waals surface area contributed by atoms with Crippen molar-refractivity contribution < 1.29 is 8.42 Å². The van der Waals surface area contributed by atoms with Gasteiger partial charge in [0.2, 0.25) is 10.0 Å². The van der Waals surface area contributed by atoms with Crippen LogP contribution in [-0.2, 0) is 10.0 Å². The molecule has 0 spiro atoms. The SMILES string of the molecule is Cc1c(N)cc(Cl)cc1S(=O)(=O)N1CCN(C(C)C)CC1. The summed E-state index contributed by atoms with van der Waals surface area (Å²) >= 11 is 5.96. The Hall–Kier alpha value is -0.820. The first-order valence-electron chi connectivity index (χ1n) is 7.03. The van der Waals surface area contributed by atoms with Crippen molar-refractivity contribution in [2.75, 3.05) is 31.9 Å². The number of rotatable bonds is 3. The van der Waals surface area contributed by atoms with E-state index in [1.54, 1.807) is 13.0 Å². The highest BCUT2D eigenvalue weighted by Gasteiger charge is 2.30. The first-order chi connectivity index (χ1) is 9.73.